The average Bonchev–Trinajstić information content (AvgIpc) is 3.50. The molecule has 0 saturated heterocycles. The van der Waals surface area contributed by atoms with Gasteiger partial charge in [0.15, 0.2) is 0 Å². The fourth-order valence-corrected chi connectivity index (χ4v) is 4.19. The highest BCUT2D eigenvalue weighted by Crippen LogP contribution is 2.45. The van der Waals surface area contributed by atoms with E-state index < -0.39 is 0 Å². The highest BCUT2D eigenvalue weighted by Gasteiger charge is 2.43. The highest BCUT2D eigenvalue weighted by atomic mass is 16.5. The lowest BCUT2D eigenvalue weighted by Gasteiger charge is -2.17. The minimum Gasteiger partial charge on any atom is -0.463 e. The lowest BCUT2D eigenvalue weighted by Crippen LogP contribution is -2.38. The molecular formula is C20H32N4O2. The Morgan fingerprint density at radius 1 is 0.615 bits per heavy atom. The van der Waals surface area contributed by atoms with Gasteiger partial charge in [-0.1, -0.05) is 0 Å². The van der Waals surface area contributed by atoms with Crippen LogP contribution in [0.25, 0.3) is 0 Å². The van der Waals surface area contributed by atoms with Crippen LogP contribution in [-0.4, -0.2) is 50.4 Å². The zero-order valence-corrected chi connectivity index (χ0v) is 15.7. The van der Waals surface area contributed by atoms with Gasteiger partial charge in [-0.2, -0.15) is 0 Å². The maximum absolute atomic E-state index is 5.38. The molecule has 0 atom stereocenters. The standard InChI is InChI=1S/2C10H16N2O/c2*1-2-7(1)9(8-3-4-8)12-10-11-5-6-13-10/h2*7-9H,1-6H2,(H,11,12). The van der Waals surface area contributed by atoms with E-state index in [1.54, 1.807) is 0 Å². The van der Waals surface area contributed by atoms with Crippen LogP contribution in [0.5, 0.6) is 0 Å². The Hall–Kier alpha value is -1.46. The molecule has 0 radical (unpaired) electrons. The summed E-state index contributed by atoms with van der Waals surface area (Å²) in [5.74, 6) is 3.66. The van der Waals surface area contributed by atoms with Crippen LogP contribution >= 0.6 is 0 Å². The zero-order valence-electron chi connectivity index (χ0n) is 15.7. The smallest absolute Gasteiger partial charge is 0.285 e. The Morgan fingerprint density at radius 3 is 1.19 bits per heavy atom. The summed E-state index contributed by atoms with van der Waals surface area (Å²) in [5, 5.41) is 6.94. The molecule has 0 aromatic heterocycles. The molecule has 6 heteroatoms. The third kappa shape index (κ3) is 4.44. The van der Waals surface area contributed by atoms with E-state index in [4.69, 9.17) is 9.47 Å². The molecule has 2 heterocycles. The number of ether oxygens (including phenoxy) is 2. The molecular weight excluding hydrogens is 328 g/mol. The summed E-state index contributed by atoms with van der Waals surface area (Å²) < 4.78 is 10.8. The summed E-state index contributed by atoms with van der Waals surface area (Å²) in [6, 6.07) is 2.97. The van der Waals surface area contributed by atoms with Crippen LogP contribution in [0.2, 0.25) is 0 Å². The van der Waals surface area contributed by atoms with Crippen molar-refractivity contribution < 1.29 is 9.47 Å². The number of hydrogen-bond acceptors (Lipinski definition) is 6. The third-order valence-electron chi connectivity index (χ3n) is 6.27. The van der Waals surface area contributed by atoms with E-state index in [2.05, 4.69) is 20.6 Å². The first-order chi connectivity index (χ1) is 12.9. The van der Waals surface area contributed by atoms with Gasteiger partial charge in [0, 0.05) is 12.1 Å². The summed E-state index contributed by atoms with van der Waals surface area (Å²) in [6.07, 6.45) is 11.2. The van der Waals surface area contributed by atoms with E-state index in [9.17, 15) is 0 Å². The summed E-state index contributed by atoms with van der Waals surface area (Å²) in [4.78, 5) is 8.56. The van der Waals surface area contributed by atoms with Gasteiger partial charge in [-0.3, -0.25) is 0 Å². The van der Waals surface area contributed by atoms with Crippen molar-refractivity contribution in [3.05, 3.63) is 0 Å². The van der Waals surface area contributed by atoms with Gasteiger partial charge in [-0.25, -0.2) is 9.98 Å². The maximum Gasteiger partial charge on any atom is 0.285 e. The highest BCUT2D eigenvalue weighted by molar-refractivity contribution is 5.75. The minimum atomic E-state index is 0.678. The predicted molar refractivity (Wildman–Crippen MR) is 101 cm³/mol. The van der Waals surface area contributed by atoms with Crippen LogP contribution < -0.4 is 10.6 Å². The van der Waals surface area contributed by atoms with Crippen LogP contribution in [0.3, 0.4) is 0 Å². The summed E-state index contributed by atoms with van der Waals surface area (Å²) >= 11 is 0. The minimum absolute atomic E-state index is 0.678. The van der Waals surface area contributed by atoms with E-state index in [0.29, 0.717) is 12.1 Å². The van der Waals surface area contributed by atoms with E-state index >= 15 is 0 Å². The van der Waals surface area contributed by atoms with Crippen molar-refractivity contribution in [2.45, 2.75) is 63.5 Å². The van der Waals surface area contributed by atoms with Gasteiger partial charge in [-0.15, -0.1) is 0 Å². The largest absolute Gasteiger partial charge is 0.463 e. The van der Waals surface area contributed by atoms with Gasteiger partial charge in [0.05, 0.1) is 13.1 Å². The molecule has 0 spiro atoms. The number of nitrogens with one attached hydrogen (secondary N) is 2. The van der Waals surface area contributed by atoms with Crippen molar-refractivity contribution in [2.24, 2.45) is 33.7 Å². The second-order valence-electron chi connectivity index (χ2n) is 8.76. The summed E-state index contributed by atoms with van der Waals surface area (Å²) in [6.45, 7) is 3.21. The first-order valence-electron chi connectivity index (χ1n) is 10.7. The molecule has 4 fully saturated rings. The summed E-state index contributed by atoms with van der Waals surface area (Å²) in [5.41, 5.74) is 0. The summed E-state index contributed by atoms with van der Waals surface area (Å²) in [7, 11) is 0. The fourth-order valence-electron chi connectivity index (χ4n) is 4.19. The molecule has 0 bridgehead atoms. The maximum atomic E-state index is 5.38. The number of amidine groups is 2. The second-order valence-corrected chi connectivity index (χ2v) is 8.76. The lowest BCUT2D eigenvalue weighted by molar-refractivity contribution is 0.316. The molecule has 2 N–H and O–H groups in total. The number of hydrogen-bond donors (Lipinski definition) is 2. The molecule has 0 aromatic carbocycles. The molecule has 4 aliphatic carbocycles. The molecule has 0 aromatic rings. The van der Waals surface area contributed by atoms with Gasteiger partial charge >= 0.3 is 0 Å². The molecule has 6 rings (SSSR count). The van der Waals surface area contributed by atoms with Gasteiger partial charge < -0.3 is 20.1 Å². The van der Waals surface area contributed by atoms with Crippen LogP contribution in [0, 0.1) is 23.7 Å². The predicted octanol–water partition coefficient (Wildman–Crippen LogP) is 2.30. The third-order valence-corrected chi connectivity index (χ3v) is 6.27. The number of aliphatic imine (C=N–C) groups is 2. The quantitative estimate of drug-likeness (QED) is 0.763. The molecule has 144 valence electrons. The van der Waals surface area contributed by atoms with Crippen molar-refractivity contribution >= 4 is 12.0 Å². The topological polar surface area (TPSA) is 67.2 Å². The van der Waals surface area contributed by atoms with Crippen molar-refractivity contribution in [3.63, 3.8) is 0 Å². The lowest BCUT2D eigenvalue weighted by atomic mass is 10.1. The Bertz CT molecular complexity index is 488. The van der Waals surface area contributed by atoms with Gasteiger partial charge in [-0.05, 0) is 75.0 Å². The van der Waals surface area contributed by atoms with Crippen molar-refractivity contribution in [1.29, 1.82) is 0 Å². The Morgan fingerprint density at radius 2 is 0.962 bits per heavy atom. The monoisotopic (exact) mass is 360 g/mol. The SMILES string of the molecule is C1COC(NC(C2CC2)C2CC2)=N1.C1COC(NC(C2CC2)C2CC2)=N1. The molecule has 2 aliphatic heterocycles. The van der Waals surface area contributed by atoms with E-state index in [1.165, 1.54) is 51.4 Å². The van der Waals surface area contributed by atoms with Crippen molar-refractivity contribution in [3.8, 4) is 0 Å². The van der Waals surface area contributed by atoms with Crippen LogP contribution in [0.15, 0.2) is 9.98 Å². The Labute approximate surface area is 156 Å². The molecule has 6 aliphatic rings. The molecule has 4 saturated carbocycles. The van der Waals surface area contributed by atoms with Crippen LogP contribution in [0.1, 0.15) is 51.4 Å². The fraction of sp³-hybridized carbons (Fsp3) is 0.900. The molecule has 26 heavy (non-hydrogen) atoms. The second kappa shape index (κ2) is 7.28. The van der Waals surface area contributed by atoms with E-state index in [-0.39, 0.29) is 0 Å². The molecule has 6 nitrogen and oxygen atoms in total. The first-order valence-corrected chi connectivity index (χ1v) is 10.7. The normalized spacial score (nSPS) is 27.3. The molecule has 0 unspecified atom stereocenters. The van der Waals surface area contributed by atoms with Gasteiger partial charge in [0.1, 0.15) is 13.2 Å². The van der Waals surface area contributed by atoms with E-state index in [0.717, 1.165) is 62.0 Å². The number of nitrogens with zero attached hydrogens (tertiary/aromatic N) is 2. The molecule has 0 amide bonds. The first kappa shape index (κ1) is 16.7. The van der Waals surface area contributed by atoms with Gasteiger partial charge in [0.25, 0.3) is 12.0 Å². The zero-order chi connectivity index (χ0) is 17.3. The van der Waals surface area contributed by atoms with Gasteiger partial charge in [0.2, 0.25) is 0 Å². The Kier molecular flexibility index (Phi) is 4.67. The van der Waals surface area contributed by atoms with Crippen LogP contribution in [-0.2, 0) is 9.47 Å². The Balaban J connectivity index is 0.000000115. The van der Waals surface area contributed by atoms with Crippen LogP contribution in [0.4, 0.5) is 0 Å². The average molecular weight is 361 g/mol. The van der Waals surface area contributed by atoms with Crippen molar-refractivity contribution in [1.82, 2.24) is 10.6 Å². The number of rotatable bonds is 6. The van der Waals surface area contributed by atoms with E-state index in [1.807, 2.05) is 0 Å². The van der Waals surface area contributed by atoms with Crippen molar-refractivity contribution in [2.75, 3.05) is 26.3 Å².